The summed E-state index contributed by atoms with van der Waals surface area (Å²) in [7, 11) is 1.70. The standard InChI is InChI=1S/C13H21NO2/c1-4-16-10-9-14-11(2)12-7-5-6-8-13(12)15-3/h5-8,11,14H,4,9-10H2,1-3H3/t11-/m0/s1. The molecule has 1 atom stereocenters. The Morgan fingerprint density at radius 3 is 2.75 bits per heavy atom. The van der Waals surface area contributed by atoms with Crippen LogP contribution < -0.4 is 10.1 Å². The van der Waals surface area contributed by atoms with E-state index in [0.717, 1.165) is 25.5 Å². The summed E-state index contributed by atoms with van der Waals surface area (Å²) >= 11 is 0. The smallest absolute Gasteiger partial charge is 0.123 e. The average molecular weight is 223 g/mol. The van der Waals surface area contributed by atoms with Crippen molar-refractivity contribution >= 4 is 0 Å². The molecule has 0 spiro atoms. The number of hydrogen-bond donors (Lipinski definition) is 1. The maximum absolute atomic E-state index is 5.32. The maximum atomic E-state index is 5.32. The Hall–Kier alpha value is -1.06. The van der Waals surface area contributed by atoms with Gasteiger partial charge in [-0.3, -0.25) is 0 Å². The van der Waals surface area contributed by atoms with Gasteiger partial charge in [-0.25, -0.2) is 0 Å². The molecule has 0 aliphatic rings. The third kappa shape index (κ3) is 3.83. The van der Waals surface area contributed by atoms with Crippen molar-refractivity contribution in [2.45, 2.75) is 19.9 Å². The van der Waals surface area contributed by atoms with Crippen LogP contribution in [0, 0.1) is 0 Å². The van der Waals surface area contributed by atoms with Crippen LogP contribution in [0.5, 0.6) is 5.75 Å². The van der Waals surface area contributed by atoms with Crippen molar-refractivity contribution in [3.8, 4) is 5.75 Å². The summed E-state index contributed by atoms with van der Waals surface area (Å²) in [5.74, 6) is 0.930. The van der Waals surface area contributed by atoms with E-state index in [2.05, 4.69) is 18.3 Å². The van der Waals surface area contributed by atoms with Crippen LogP contribution in [0.3, 0.4) is 0 Å². The molecule has 0 amide bonds. The molecule has 0 saturated carbocycles. The largest absolute Gasteiger partial charge is 0.496 e. The molecule has 1 N–H and O–H groups in total. The van der Waals surface area contributed by atoms with Crippen molar-refractivity contribution in [2.24, 2.45) is 0 Å². The van der Waals surface area contributed by atoms with Crippen molar-refractivity contribution < 1.29 is 9.47 Å². The van der Waals surface area contributed by atoms with Gasteiger partial charge in [-0.05, 0) is 19.9 Å². The zero-order valence-electron chi connectivity index (χ0n) is 10.3. The molecule has 0 bridgehead atoms. The van der Waals surface area contributed by atoms with Gasteiger partial charge >= 0.3 is 0 Å². The highest BCUT2D eigenvalue weighted by Crippen LogP contribution is 2.23. The second kappa shape index (κ2) is 7.25. The Labute approximate surface area is 97.8 Å². The number of ether oxygens (including phenoxy) is 2. The fourth-order valence-corrected chi connectivity index (χ4v) is 1.63. The van der Waals surface area contributed by atoms with E-state index < -0.39 is 0 Å². The van der Waals surface area contributed by atoms with Gasteiger partial charge in [0.05, 0.1) is 13.7 Å². The van der Waals surface area contributed by atoms with E-state index in [1.54, 1.807) is 7.11 Å². The summed E-state index contributed by atoms with van der Waals surface area (Å²) in [6, 6.07) is 8.35. The summed E-state index contributed by atoms with van der Waals surface area (Å²) in [5.41, 5.74) is 1.18. The highest BCUT2D eigenvalue weighted by Gasteiger charge is 2.09. The maximum Gasteiger partial charge on any atom is 0.123 e. The Balaban J connectivity index is 2.48. The van der Waals surface area contributed by atoms with Gasteiger partial charge in [0.1, 0.15) is 5.75 Å². The predicted molar refractivity (Wildman–Crippen MR) is 65.9 cm³/mol. The molecule has 0 radical (unpaired) electrons. The molecule has 0 fully saturated rings. The van der Waals surface area contributed by atoms with E-state index in [1.165, 1.54) is 5.56 Å². The van der Waals surface area contributed by atoms with Gasteiger partial charge < -0.3 is 14.8 Å². The quantitative estimate of drug-likeness (QED) is 0.720. The third-order valence-electron chi connectivity index (χ3n) is 2.51. The number of para-hydroxylation sites is 1. The number of hydrogen-bond acceptors (Lipinski definition) is 3. The molecule has 0 aliphatic heterocycles. The highest BCUT2D eigenvalue weighted by atomic mass is 16.5. The van der Waals surface area contributed by atoms with E-state index in [4.69, 9.17) is 9.47 Å². The first-order valence-corrected chi connectivity index (χ1v) is 5.73. The lowest BCUT2D eigenvalue weighted by molar-refractivity contribution is 0.147. The average Bonchev–Trinajstić information content (AvgIpc) is 2.34. The second-order valence-corrected chi connectivity index (χ2v) is 3.61. The molecule has 90 valence electrons. The molecule has 0 saturated heterocycles. The summed E-state index contributed by atoms with van der Waals surface area (Å²) < 4.78 is 10.6. The van der Waals surface area contributed by atoms with Gasteiger partial charge in [0.15, 0.2) is 0 Å². The molecule has 0 aromatic heterocycles. The molecule has 0 aliphatic carbocycles. The minimum Gasteiger partial charge on any atom is -0.496 e. The van der Waals surface area contributed by atoms with Crippen molar-refractivity contribution in [2.75, 3.05) is 26.9 Å². The van der Waals surface area contributed by atoms with Gasteiger partial charge in [0.25, 0.3) is 0 Å². The molecule has 3 nitrogen and oxygen atoms in total. The lowest BCUT2D eigenvalue weighted by atomic mass is 10.1. The van der Waals surface area contributed by atoms with Gasteiger partial charge in [-0.1, -0.05) is 18.2 Å². The zero-order valence-corrected chi connectivity index (χ0v) is 10.3. The highest BCUT2D eigenvalue weighted by molar-refractivity contribution is 5.35. The molecule has 1 rings (SSSR count). The van der Waals surface area contributed by atoms with Crippen LogP contribution >= 0.6 is 0 Å². The minimum absolute atomic E-state index is 0.275. The SMILES string of the molecule is CCOCCN[C@@H](C)c1ccccc1OC. The van der Waals surface area contributed by atoms with E-state index in [0.29, 0.717) is 0 Å². The predicted octanol–water partition coefficient (Wildman–Crippen LogP) is 2.38. The second-order valence-electron chi connectivity index (χ2n) is 3.61. The van der Waals surface area contributed by atoms with E-state index >= 15 is 0 Å². The fraction of sp³-hybridized carbons (Fsp3) is 0.538. The number of benzene rings is 1. The number of methoxy groups -OCH3 is 1. The van der Waals surface area contributed by atoms with Crippen molar-refractivity contribution in [3.05, 3.63) is 29.8 Å². The van der Waals surface area contributed by atoms with Crippen LogP contribution in [-0.4, -0.2) is 26.9 Å². The van der Waals surface area contributed by atoms with Crippen LogP contribution in [0.15, 0.2) is 24.3 Å². The molecule has 3 heteroatoms. The molecule has 1 aromatic carbocycles. The van der Waals surface area contributed by atoms with Crippen LogP contribution in [0.1, 0.15) is 25.5 Å². The molecule has 0 unspecified atom stereocenters. The molecule has 1 aromatic rings. The van der Waals surface area contributed by atoms with Gasteiger partial charge in [-0.2, -0.15) is 0 Å². The number of rotatable bonds is 7. The van der Waals surface area contributed by atoms with Crippen molar-refractivity contribution in [1.82, 2.24) is 5.32 Å². The summed E-state index contributed by atoms with van der Waals surface area (Å²) in [5, 5.41) is 3.40. The van der Waals surface area contributed by atoms with Gasteiger partial charge in [0.2, 0.25) is 0 Å². The molecular formula is C13H21NO2. The van der Waals surface area contributed by atoms with E-state index in [1.807, 2.05) is 25.1 Å². The van der Waals surface area contributed by atoms with Crippen LogP contribution in [0.2, 0.25) is 0 Å². The normalized spacial score (nSPS) is 12.4. The van der Waals surface area contributed by atoms with Crippen molar-refractivity contribution in [3.63, 3.8) is 0 Å². The minimum atomic E-state index is 0.275. The molecule has 0 heterocycles. The Morgan fingerprint density at radius 2 is 2.06 bits per heavy atom. The Bertz CT molecular complexity index is 302. The first kappa shape index (κ1) is 13.0. The van der Waals surface area contributed by atoms with Crippen molar-refractivity contribution in [1.29, 1.82) is 0 Å². The van der Waals surface area contributed by atoms with Crippen LogP contribution in [-0.2, 0) is 4.74 Å². The number of nitrogens with one attached hydrogen (secondary N) is 1. The van der Waals surface area contributed by atoms with Crippen LogP contribution in [0.4, 0.5) is 0 Å². The van der Waals surface area contributed by atoms with Gasteiger partial charge in [0, 0.05) is 24.8 Å². The summed E-state index contributed by atoms with van der Waals surface area (Å²) in [6.07, 6.45) is 0. The first-order chi connectivity index (χ1) is 7.79. The Kier molecular flexibility index (Phi) is 5.90. The summed E-state index contributed by atoms with van der Waals surface area (Å²) in [6.45, 7) is 6.50. The van der Waals surface area contributed by atoms with Crippen LogP contribution in [0.25, 0.3) is 0 Å². The van der Waals surface area contributed by atoms with Gasteiger partial charge in [-0.15, -0.1) is 0 Å². The Morgan fingerprint density at radius 1 is 1.31 bits per heavy atom. The van der Waals surface area contributed by atoms with E-state index in [-0.39, 0.29) is 6.04 Å². The topological polar surface area (TPSA) is 30.5 Å². The van der Waals surface area contributed by atoms with E-state index in [9.17, 15) is 0 Å². The summed E-state index contributed by atoms with van der Waals surface area (Å²) in [4.78, 5) is 0. The third-order valence-corrected chi connectivity index (χ3v) is 2.51. The zero-order chi connectivity index (χ0) is 11.8. The lowest BCUT2D eigenvalue weighted by Gasteiger charge is -2.17. The fourth-order valence-electron chi connectivity index (χ4n) is 1.63. The monoisotopic (exact) mass is 223 g/mol. The first-order valence-electron chi connectivity index (χ1n) is 5.73. The molecular weight excluding hydrogens is 202 g/mol. The lowest BCUT2D eigenvalue weighted by Crippen LogP contribution is -2.23. The molecule has 16 heavy (non-hydrogen) atoms.